The van der Waals surface area contributed by atoms with Crippen LogP contribution in [0.25, 0.3) is 31.4 Å². The van der Waals surface area contributed by atoms with E-state index in [1.165, 1.54) is 57.0 Å². The maximum atomic E-state index is 11.1. The van der Waals surface area contributed by atoms with Crippen LogP contribution >= 0.6 is 11.3 Å². The highest BCUT2D eigenvalue weighted by Crippen LogP contribution is 2.45. The SMILES string of the molecule is Cc1cc([N+](=O)[O-])ccc1-c1nccc2c1sc1c(C)c3c(c(C)c12)CCCC3. The smallest absolute Gasteiger partial charge is 0.258 e. The molecule has 29 heavy (non-hydrogen) atoms. The van der Waals surface area contributed by atoms with Crippen molar-refractivity contribution in [1.29, 1.82) is 0 Å². The zero-order valence-corrected chi connectivity index (χ0v) is 17.7. The summed E-state index contributed by atoms with van der Waals surface area (Å²) in [7, 11) is 0. The Morgan fingerprint density at radius 1 is 1.00 bits per heavy atom. The van der Waals surface area contributed by atoms with Crippen molar-refractivity contribution < 1.29 is 4.92 Å². The van der Waals surface area contributed by atoms with Crippen LogP contribution in [0, 0.1) is 30.9 Å². The highest BCUT2D eigenvalue weighted by Gasteiger charge is 2.22. The van der Waals surface area contributed by atoms with Crippen LogP contribution < -0.4 is 0 Å². The molecule has 0 bridgehead atoms. The van der Waals surface area contributed by atoms with Gasteiger partial charge in [-0.15, -0.1) is 11.3 Å². The predicted octanol–water partition coefficient (Wildman–Crippen LogP) is 6.83. The second kappa shape index (κ2) is 6.63. The summed E-state index contributed by atoms with van der Waals surface area (Å²) in [6, 6.07) is 7.17. The zero-order valence-electron chi connectivity index (χ0n) is 16.8. The van der Waals surface area contributed by atoms with Gasteiger partial charge in [0.1, 0.15) is 0 Å². The summed E-state index contributed by atoms with van der Waals surface area (Å²) in [4.78, 5) is 15.5. The van der Waals surface area contributed by atoms with E-state index in [0.717, 1.165) is 16.8 Å². The van der Waals surface area contributed by atoms with E-state index in [1.807, 2.05) is 30.5 Å². The van der Waals surface area contributed by atoms with Gasteiger partial charge in [0.2, 0.25) is 0 Å². The number of hydrogen-bond donors (Lipinski definition) is 0. The third kappa shape index (κ3) is 2.68. The fourth-order valence-electron chi connectivity index (χ4n) is 4.90. The van der Waals surface area contributed by atoms with Gasteiger partial charge in [0, 0.05) is 39.4 Å². The van der Waals surface area contributed by atoms with Gasteiger partial charge >= 0.3 is 0 Å². The average molecular weight is 403 g/mol. The van der Waals surface area contributed by atoms with Crippen molar-refractivity contribution in [2.75, 3.05) is 0 Å². The number of aromatic nitrogens is 1. The first-order valence-corrected chi connectivity index (χ1v) is 10.9. The number of benzene rings is 2. The highest BCUT2D eigenvalue weighted by atomic mass is 32.1. The minimum absolute atomic E-state index is 0.120. The van der Waals surface area contributed by atoms with Crippen LogP contribution in [0.5, 0.6) is 0 Å². The van der Waals surface area contributed by atoms with E-state index in [2.05, 4.69) is 19.9 Å². The molecular weight excluding hydrogens is 380 g/mol. The molecule has 1 aliphatic rings. The minimum Gasteiger partial charge on any atom is -0.258 e. The molecule has 2 aromatic carbocycles. The van der Waals surface area contributed by atoms with Crippen LogP contribution in [0.2, 0.25) is 0 Å². The molecule has 0 amide bonds. The van der Waals surface area contributed by atoms with E-state index >= 15 is 0 Å². The summed E-state index contributed by atoms with van der Waals surface area (Å²) < 4.78 is 2.54. The molecule has 2 heterocycles. The number of non-ortho nitro benzene ring substituents is 1. The molecule has 4 nitrogen and oxygen atoms in total. The monoisotopic (exact) mass is 402 g/mol. The number of nitro groups is 1. The lowest BCUT2D eigenvalue weighted by atomic mass is 9.84. The van der Waals surface area contributed by atoms with Crippen molar-refractivity contribution in [2.45, 2.75) is 46.5 Å². The Bertz CT molecular complexity index is 1320. The lowest BCUT2D eigenvalue weighted by Gasteiger charge is -2.21. The summed E-state index contributed by atoms with van der Waals surface area (Å²) in [6.45, 7) is 6.46. The zero-order chi connectivity index (χ0) is 20.3. The molecule has 0 saturated carbocycles. The van der Waals surface area contributed by atoms with Crippen LogP contribution in [0.4, 0.5) is 5.69 Å². The van der Waals surface area contributed by atoms with Gasteiger partial charge in [0.25, 0.3) is 5.69 Å². The molecule has 0 spiro atoms. The van der Waals surface area contributed by atoms with Gasteiger partial charge in [-0.1, -0.05) is 0 Å². The Kier molecular flexibility index (Phi) is 4.17. The van der Waals surface area contributed by atoms with E-state index < -0.39 is 0 Å². The molecule has 5 rings (SSSR count). The fraction of sp³-hybridized carbons (Fsp3) is 0.292. The number of pyridine rings is 1. The largest absolute Gasteiger partial charge is 0.269 e. The van der Waals surface area contributed by atoms with Crippen LogP contribution in [0.3, 0.4) is 0 Å². The minimum atomic E-state index is -0.346. The van der Waals surface area contributed by atoms with Crippen molar-refractivity contribution in [3.05, 3.63) is 68.4 Å². The van der Waals surface area contributed by atoms with Crippen molar-refractivity contribution >= 4 is 37.2 Å². The number of nitrogens with zero attached hydrogens (tertiary/aromatic N) is 2. The van der Waals surface area contributed by atoms with Gasteiger partial charge in [-0.25, -0.2) is 0 Å². The Balaban J connectivity index is 1.83. The summed E-state index contributed by atoms with van der Waals surface area (Å²) in [5.41, 5.74) is 8.83. The predicted molar refractivity (Wildman–Crippen MR) is 120 cm³/mol. The Morgan fingerprint density at radius 3 is 2.41 bits per heavy atom. The van der Waals surface area contributed by atoms with E-state index in [-0.39, 0.29) is 10.6 Å². The highest BCUT2D eigenvalue weighted by molar-refractivity contribution is 7.26. The summed E-state index contributed by atoms with van der Waals surface area (Å²) in [5, 5.41) is 13.7. The summed E-state index contributed by atoms with van der Waals surface area (Å²) in [5.74, 6) is 0. The maximum absolute atomic E-state index is 11.1. The maximum Gasteiger partial charge on any atom is 0.269 e. The average Bonchev–Trinajstić information content (AvgIpc) is 3.12. The van der Waals surface area contributed by atoms with Crippen LogP contribution in [0.15, 0.2) is 30.5 Å². The number of fused-ring (bicyclic) bond motifs is 4. The van der Waals surface area contributed by atoms with Crippen LogP contribution in [0.1, 0.15) is 40.7 Å². The molecule has 0 saturated heterocycles. The normalized spacial score (nSPS) is 13.8. The molecular formula is C24H22N2O2S. The van der Waals surface area contributed by atoms with E-state index in [4.69, 9.17) is 4.98 Å². The molecule has 0 atom stereocenters. The lowest BCUT2D eigenvalue weighted by molar-refractivity contribution is -0.384. The standard InChI is InChI=1S/C24H22N2O2S/c1-13-12-16(26(27)28)8-9-17(13)22-24-20(10-11-25-22)21-14(2)18-6-4-5-7-19(18)15(3)23(21)29-24/h8-12H,4-7H2,1-3H3. The van der Waals surface area contributed by atoms with Gasteiger partial charge < -0.3 is 0 Å². The molecule has 146 valence electrons. The van der Waals surface area contributed by atoms with Gasteiger partial charge in [0.15, 0.2) is 0 Å². The summed E-state index contributed by atoms with van der Waals surface area (Å²) >= 11 is 1.82. The number of aryl methyl sites for hydroxylation is 3. The Labute approximate surface area is 173 Å². The number of rotatable bonds is 2. The number of hydrogen-bond acceptors (Lipinski definition) is 4. The third-order valence-electron chi connectivity index (χ3n) is 6.37. The quantitative estimate of drug-likeness (QED) is 0.273. The first-order chi connectivity index (χ1) is 14.0. The first-order valence-electron chi connectivity index (χ1n) is 10.0. The fourth-order valence-corrected chi connectivity index (χ4v) is 6.28. The van der Waals surface area contributed by atoms with Crippen molar-refractivity contribution in [3.63, 3.8) is 0 Å². The molecule has 4 aromatic rings. The molecule has 5 heteroatoms. The van der Waals surface area contributed by atoms with Gasteiger partial charge in [-0.3, -0.25) is 15.1 Å². The molecule has 0 fully saturated rings. The van der Waals surface area contributed by atoms with Crippen molar-refractivity contribution in [2.24, 2.45) is 0 Å². The third-order valence-corrected chi connectivity index (χ3v) is 7.70. The van der Waals surface area contributed by atoms with Crippen LogP contribution in [-0.4, -0.2) is 9.91 Å². The Morgan fingerprint density at radius 2 is 1.72 bits per heavy atom. The molecule has 2 aromatic heterocycles. The number of nitro benzene ring substituents is 1. The van der Waals surface area contributed by atoms with Crippen molar-refractivity contribution in [1.82, 2.24) is 4.98 Å². The lowest BCUT2D eigenvalue weighted by Crippen LogP contribution is -2.07. The number of thiophene rings is 1. The van der Waals surface area contributed by atoms with Gasteiger partial charge in [0.05, 0.1) is 15.3 Å². The molecule has 0 radical (unpaired) electrons. The van der Waals surface area contributed by atoms with Gasteiger partial charge in [-0.05, 0) is 86.4 Å². The second-order valence-electron chi connectivity index (χ2n) is 8.01. The first kappa shape index (κ1) is 18.3. The second-order valence-corrected chi connectivity index (χ2v) is 9.03. The topological polar surface area (TPSA) is 56.0 Å². The molecule has 0 aliphatic heterocycles. The van der Waals surface area contributed by atoms with E-state index in [1.54, 1.807) is 23.3 Å². The summed E-state index contributed by atoms with van der Waals surface area (Å²) in [6.07, 6.45) is 6.78. The molecule has 0 unspecified atom stereocenters. The Hall–Kier alpha value is -2.79. The van der Waals surface area contributed by atoms with Crippen molar-refractivity contribution in [3.8, 4) is 11.3 Å². The molecule has 1 aliphatic carbocycles. The molecule has 0 N–H and O–H groups in total. The van der Waals surface area contributed by atoms with Crippen LogP contribution in [-0.2, 0) is 12.8 Å². The van der Waals surface area contributed by atoms with E-state index in [0.29, 0.717) is 0 Å². The van der Waals surface area contributed by atoms with Gasteiger partial charge in [-0.2, -0.15) is 0 Å². The van der Waals surface area contributed by atoms with E-state index in [9.17, 15) is 10.1 Å².